The number of phenolic OH excluding ortho intramolecular Hbond substituents is 1. The van der Waals surface area contributed by atoms with Crippen molar-refractivity contribution in [3.63, 3.8) is 0 Å². The van der Waals surface area contributed by atoms with E-state index in [-0.39, 0.29) is 0 Å². The Bertz CT molecular complexity index is 500. The van der Waals surface area contributed by atoms with Crippen molar-refractivity contribution in [2.24, 2.45) is 0 Å². The van der Waals surface area contributed by atoms with E-state index in [1.165, 1.54) is 16.7 Å². The van der Waals surface area contributed by atoms with Crippen LogP contribution < -0.4 is 0 Å². The number of rotatable bonds is 3. The molecule has 0 heterocycles. The van der Waals surface area contributed by atoms with Crippen molar-refractivity contribution in [3.05, 3.63) is 64.7 Å². The van der Waals surface area contributed by atoms with Gasteiger partial charge in [0.05, 0.1) is 0 Å². The van der Waals surface area contributed by atoms with Crippen LogP contribution in [-0.4, -0.2) is 5.11 Å². The lowest BCUT2D eigenvalue weighted by Crippen LogP contribution is -1.96. The van der Waals surface area contributed by atoms with Crippen LogP contribution in [0.25, 0.3) is 0 Å². The van der Waals surface area contributed by atoms with Crippen LogP contribution >= 0.6 is 0 Å². The smallest absolute Gasteiger partial charge is 0.119 e. The van der Waals surface area contributed by atoms with Gasteiger partial charge in [-0.15, -0.1) is 0 Å². The largest absolute Gasteiger partial charge is 0.508 e. The van der Waals surface area contributed by atoms with Gasteiger partial charge in [0, 0.05) is 0 Å². The van der Waals surface area contributed by atoms with Crippen molar-refractivity contribution in [2.45, 2.75) is 26.7 Å². The molecule has 2 aromatic rings. The molecule has 0 saturated carbocycles. The highest BCUT2D eigenvalue weighted by molar-refractivity contribution is 5.43. The molecule has 0 aliphatic rings. The second-order valence-electron chi connectivity index (χ2n) is 4.49. The maximum atomic E-state index is 9.89. The highest BCUT2D eigenvalue weighted by Gasteiger charge is 2.07. The topological polar surface area (TPSA) is 20.2 Å². The van der Waals surface area contributed by atoms with Crippen LogP contribution in [0.2, 0.25) is 0 Å². The maximum absolute atomic E-state index is 9.89. The van der Waals surface area contributed by atoms with Gasteiger partial charge in [0.1, 0.15) is 5.75 Å². The van der Waals surface area contributed by atoms with Crippen molar-refractivity contribution < 1.29 is 5.11 Å². The molecule has 0 radical (unpaired) electrons. The van der Waals surface area contributed by atoms with Gasteiger partial charge in [0.25, 0.3) is 0 Å². The Hall–Kier alpha value is -1.76. The third kappa shape index (κ3) is 2.68. The van der Waals surface area contributed by atoms with Crippen LogP contribution in [-0.2, 0) is 12.8 Å². The van der Waals surface area contributed by atoms with Gasteiger partial charge in [0.15, 0.2) is 0 Å². The average Bonchev–Trinajstić information content (AvgIpc) is 2.35. The third-order valence-corrected chi connectivity index (χ3v) is 3.35. The van der Waals surface area contributed by atoms with Gasteiger partial charge in [-0.25, -0.2) is 0 Å². The number of hydrogen-bond acceptors (Lipinski definition) is 1. The highest BCUT2D eigenvalue weighted by atomic mass is 16.3. The molecule has 0 atom stereocenters. The summed E-state index contributed by atoms with van der Waals surface area (Å²) in [6, 6.07) is 14.2. The summed E-state index contributed by atoms with van der Waals surface area (Å²) < 4.78 is 0. The number of benzene rings is 2. The molecule has 17 heavy (non-hydrogen) atoms. The molecule has 0 unspecified atom stereocenters. The maximum Gasteiger partial charge on any atom is 0.119 e. The molecule has 0 aliphatic heterocycles. The lowest BCUT2D eigenvalue weighted by atomic mass is 9.96. The van der Waals surface area contributed by atoms with E-state index in [4.69, 9.17) is 0 Å². The van der Waals surface area contributed by atoms with E-state index >= 15 is 0 Å². The summed E-state index contributed by atoms with van der Waals surface area (Å²) in [6.07, 6.45) is 1.86. The van der Waals surface area contributed by atoms with Crippen LogP contribution in [0.1, 0.15) is 22.3 Å². The molecular weight excluding hydrogens is 208 g/mol. The zero-order valence-electron chi connectivity index (χ0n) is 10.4. The van der Waals surface area contributed by atoms with Gasteiger partial charge in [-0.05, 0) is 55.0 Å². The molecule has 1 nitrogen and oxygen atoms in total. The van der Waals surface area contributed by atoms with Crippen LogP contribution in [0.4, 0.5) is 0 Å². The molecule has 1 heteroatoms. The summed E-state index contributed by atoms with van der Waals surface area (Å²) in [5, 5.41) is 9.89. The molecule has 0 aliphatic carbocycles. The molecule has 0 saturated heterocycles. The van der Waals surface area contributed by atoms with Crippen molar-refractivity contribution in [2.75, 3.05) is 0 Å². The van der Waals surface area contributed by atoms with Crippen LogP contribution in [0.15, 0.2) is 42.5 Å². The SMILES string of the molecule is Cc1ccc(O)c(CCc2ccccc2)c1C. The van der Waals surface area contributed by atoms with E-state index < -0.39 is 0 Å². The molecule has 0 aromatic heterocycles. The number of aromatic hydroxyl groups is 1. The Labute approximate surface area is 103 Å². The van der Waals surface area contributed by atoms with Crippen molar-refractivity contribution in [3.8, 4) is 5.75 Å². The molecular formula is C16H18O. The standard InChI is InChI=1S/C16H18O/c1-12-8-11-16(17)15(13(12)2)10-9-14-6-4-3-5-7-14/h3-8,11,17H,9-10H2,1-2H3. The second-order valence-corrected chi connectivity index (χ2v) is 4.49. The van der Waals surface area contributed by atoms with E-state index in [9.17, 15) is 5.11 Å². The van der Waals surface area contributed by atoms with Crippen LogP contribution in [0, 0.1) is 13.8 Å². The lowest BCUT2D eigenvalue weighted by molar-refractivity contribution is 0.467. The fourth-order valence-electron chi connectivity index (χ4n) is 2.09. The second kappa shape index (κ2) is 5.05. The zero-order valence-corrected chi connectivity index (χ0v) is 10.4. The predicted octanol–water partition coefficient (Wildman–Crippen LogP) is 3.79. The summed E-state index contributed by atoms with van der Waals surface area (Å²) in [4.78, 5) is 0. The molecule has 0 amide bonds. The first-order valence-corrected chi connectivity index (χ1v) is 6.00. The van der Waals surface area contributed by atoms with Gasteiger partial charge >= 0.3 is 0 Å². The monoisotopic (exact) mass is 226 g/mol. The van der Waals surface area contributed by atoms with Crippen LogP contribution in [0.3, 0.4) is 0 Å². The minimum Gasteiger partial charge on any atom is -0.508 e. The summed E-state index contributed by atoms with van der Waals surface area (Å²) >= 11 is 0. The summed E-state index contributed by atoms with van der Waals surface area (Å²) in [5.74, 6) is 0.420. The fraction of sp³-hybridized carbons (Fsp3) is 0.250. The molecule has 1 N–H and O–H groups in total. The summed E-state index contributed by atoms with van der Waals surface area (Å²) in [6.45, 7) is 4.16. The number of phenols is 1. The Morgan fingerprint density at radius 3 is 2.29 bits per heavy atom. The minimum absolute atomic E-state index is 0.420. The molecule has 88 valence electrons. The normalized spacial score (nSPS) is 10.5. The van der Waals surface area contributed by atoms with Crippen molar-refractivity contribution in [1.82, 2.24) is 0 Å². The van der Waals surface area contributed by atoms with E-state index in [1.54, 1.807) is 6.07 Å². The quantitative estimate of drug-likeness (QED) is 0.844. The lowest BCUT2D eigenvalue weighted by Gasteiger charge is -2.11. The van der Waals surface area contributed by atoms with E-state index in [2.05, 4.69) is 38.1 Å². The molecule has 2 aromatic carbocycles. The van der Waals surface area contributed by atoms with Gasteiger partial charge < -0.3 is 5.11 Å². The average molecular weight is 226 g/mol. The summed E-state index contributed by atoms with van der Waals surface area (Å²) in [5.41, 5.74) is 4.84. The van der Waals surface area contributed by atoms with Gasteiger partial charge in [-0.3, -0.25) is 0 Å². The van der Waals surface area contributed by atoms with Crippen molar-refractivity contribution in [1.29, 1.82) is 0 Å². The zero-order chi connectivity index (χ0) is 12.3. The van der Waals surface area contributed by atoms with Crippen LogP contribution in [0.5, 0.6) is 5.75 Å². The first-order chi connectivity index (χ1) is 8.18. The first kappa shape index (κ1) is 11.7. The highest BCUT2D eigenvalue weighted by Crippen LogP contribution is 2.25. The third-order valence-electron chi connectivity index (χ3n) is 3.35. The minimum atomic E-state index is 0.420. The van der Waals surface area contributed by atoms with Gasteiger partial charge in [-0.2, -0.15) is 0 Å². The van der Waals surface area contributed by atoms with Gasteiger partial charge in [-0.1, -0.05) is 36.4 Å². The Kier molecular flexibility index (Phi) is 3.48. The Balaban J connectivity index is 2.17. The Morgan fingerprint density at radius 2 is 1.59 bits per heavy atom. The van der Waals surface area contributed by atoms with E-state index in [1.807, 2.05) is 12.1 Å². The first-order valence-electron chi connectivity index (χ1n) is 6.00. The van der Waals surface area contributed by atoms with E-state index in [0.29, 0.717) is 5.75 Å². The fourth-order valence-corrected chi connectivity index (χ4v) is 2.09. The van der Waals surface area contributed by atoms with E-state index in [0.717, 1.165) is 18.4 Å². The summed E-state index contributed by atoms with van der Waals surface area (Å²) in [7, 11) is 0. The predicted molar refractivity (Wildman–Crippen MR) is 71.4 cm³/mol. The number of hydrogen-bond donors (Lipinski definition) is 1. The Morgan fingerprint density at radius 1 is 0.882 bits per heavy atom. The van der Waals surface area contributed by atoms with Gasteiger partial charge in [0.2, 0.25) is 0 Å². The van der Waals surface area contributed by atoms with Crippen molar-refractivity contribution >= 4 is 0 Å². The molecule has 0 fully saturated rings. The molecule has 0 bridgehead atoms. The number of aryl methyl sites for hydroxylation is 2. The molecule has 2 rings (SSSR count). The molecule has 0 spiro atoms.